The summed E-state index contributed by atoms with van der Waals surface area (Å²) in [5, 5.41) is 6.04. The zero-order valence-electron chi connectivity index (χ0n) is 19.6. The Balaban J connectivity index is 1.14. The van der Waals surface area contributed by atoms with Gasteiger partial charge < -0.3 is 35.3 Å². The summed E-state index contributed by atoms with van der Waals surface area (Å²) in [5.74, 6) is -0.440. The van der Waals surface area contributed by atoms with E-state index in [-0.39, 0.29) is 24.9 Å². The lowest BCUT2D eigenvalue weighted by Gasteiger charge is -2.25. The van der Waals surface area contributed by atoms with Crippen molar-refractivity contribution in [3.63, 3.8) is 0 Å². The van der Waals surface area contributed by atoms with E-state index in [4.69, 9.17) is 24.7 Å². The molecule has 12 heteroatoms. The van der Waals surface area contributed by atoms with Gasteiger partial charge in [-0.25, -0.2) is 19.7 Å². The van der Waals surface area contributed by atoms with Crippen molar-refractivity contribution in [1.29, 1.82) is 0 Å². The average molecular weight is 484 g/mol. The number of amides is 1. The van der Waals surface area contributed by atoms with Gasteiger partial charge in [0, 0.05) is 19.6 Å². The van der Waals surface area contributed by atoms with Crippen molar-refractivity contribution in [3.05, 3.63) is 48.5 Å². The number of nitrogen functional groups attached to an aromatic ring is 1. The van der Waals surface area contributed by atoms with Gasteiger partial charge in [0.2, 0.25) is 0 Å². The lowest BCUT2D eigenvalue weighted by atomic mass is 10.1. The summed E-state index contributed by atoms with van der Waals surface area (Å²) in [6, 6.07) is 9.53. The maximum absolute atomic E-state index is 11.9. The minimum Gasteiger partial charge on any atom is -0.445 e. The first kappa shape index (κ1) is 23.4. The number of rotatable bonds is 8. The summed E-state index contributed by atoms with van der Waals surface area (Å²) in [6.07, 6.45) is 1.16. The van der Waals surface area contributed by atoms with Crippen molar-refractivity contribution in [2.24, 2.45) is 0 Å². The molecule has 2 fully saturated rings. The molecule has 1 aromatic carbocycles. The average Bonchev–Trinajstić information content (AvgIpc) is 3.50. The molecule has 0 spiro atoms. The van der Waals surface area contributed by atoms with E-state index in [1.807, 2.05) is 44.2 Å². The molecule has 2 aliphatic rings. The highest BCUT2D eigenvalue weighted by Crippen LogP contribution is 2.43. The van der Waals surface area contributed by atoms with E-state index in [2.05, 4.69) is 25.6 Å². The lowest BCUT2D eigenvalue weighted by Crippen LogP contribution is -2.40. The number of nitrogens with two attached hydrogens (primary N) is 1. The van der Waals surface area contributed by atoms with Crippen molar-refractivity contribution < 1.29 is 23.7 Å². The van der Waals surface area contributed by atoms with E-state index in [1.54, 1.807) is 10.9 Å². The Kier molecular flexibility index (Phi) is 6.52. The van der Waals surface area contributed by atoms with Crippen LogP contribution in [-0.2, 0) is 25.6 Å². The van der Waals surface area contributed by atoms with Crippen LogP contribution in [0.3, 0.4) is 0 Å². The number of fused-ring (bicyclic) bond motifs is 2. The molecule has 0 bridgehead atoms. The first-order chi connectivity index (χ1) is 16.9. The standard InChI is InChI=1S/C23H29N7O5/c1-23(2)34-17-15(10-25-8-9-26-22(31)32-11-14-6-4-3-5-7-14)33-21(18(17)35-23)30-13-29-16-19(24)27-12-28-20(16)30/h3-7,12-13,15,17-18,21,25H,8-11H2,1-2H3,(H,26,31)(H2,24,27,28)/t15-,17-,18-,21-/m1/s1. The number of aromatic nitrogens is 4. The molecule has 35 heavy (non-hydrogen) atoms. The van der Waals surface area contributed by atoms with Gasteiger partial charge in [-0.2, -0.15) is 0 Å². The molecular formula is C23H29N7O5. The third-order valence-electron chi connectivity index (χ3n) is 5.92. The minimum atomic E-state index is -0.746. The van der Waals surface area contributed by atoms with Crippen LogP contribution in [0, 0.1) is 0 Å². The number of benzene rings is 1. The van der Waals surface area contributed by atoms with Gasteiger partial charge in [0.05, 0.1) is 6.33 Å². The van der Waals surface area contributed by atoms with E-state index >= 15 is 0 Å². The fourth-order valence-corrected chi connectivity index (χ4v) is 4.38. The molecule has 1 amide bonds. The highest BCUT2D eigenvalue weighted by atomic mass is 16.8. The fraction of sp³-hybridized carbons (Fsp3) is 0.478. The Morgan fingerprint density at radius 1 is 1.14 bits per heavy atom. The summed E-state index contributed by atoms with van der Waals surface area (Å²) in [5.41, 5.74) is 7.95. The minimum absolute atomic E-state index is 0.229. The van der Waals surface area contributed by atoms with Gasteiger partial charge in [-0.1, -0.05) is 30.3 Å². The second-order valence-electron chi connectivity index (χ2n) is 8.91. The number of ether oxygens (including phenoxy) is 4. The number of nitrogens with one attached hydrogen (secondary N) is 2. The third-order valence-corrected chi connectivity index (χ3v) is 5.92. The van der Waals surface area contributed by atoms with Crippen LogP contribution in [-0.4, -0.2) is 69.3 Å². The molecule has 0 unspecified atom stereocenters. The summed E-state index contributed by atoms with van der Waals surface area (Å²) in [7, 11) is 0. The normalized spacial score (nSPS) is 25.0. The molecular weight excluding hydrogens is 454 g/mol. The molecule has 0 radical (unpaired) electrons. The van der Waals surface area contributed by atoms with Crippen molar-refractivity contribution in [2.45, 2.75) is 50.8 Å². The molecule has 186 valence electrons. The van der Waals surface area contributed by atoms with Gasteiger partial charge >= 0.3 is 6.09 Å². The molecule has 4 heterocycles. The molecule has 2 aromatic heterocycles. The summed E-state index contributed by atoms with van der Waals surface area (Å²) >= 11 is 0. The number of carbonyl (C=O) groups excluding carboxylic acids is 1. The Bertz CT molecular complexity index is 1170. The second-order valence-corrected chi connectivity index (χ2v) is 8.91. The van der Waals surface area contributed by atoms with E-state index in [1.165, 1.54) is 6.33 Å². The zero-order chi connectivity index (χ0) is 24.4. The predicted octanol–water partition coefficient (Wildman–Crippen LogP) is 1.34. The van der Waals surface area contributed by atoms with Crippen molar-refractivity contribution >= 4 is 23.1 Å². The smallest absolute Gasteiger partial charge is 0.407 e. The topological polar surface area (TPSA) is 148 Å². The van der Waals surface area contributed by atoms with E-state index in [9.17, 15) is 4.79 Å². The first-order valence-corrected chi connectivity index (χ1v) is 11.5. The van der Waals surface area contributed by atoms with Crippen LogP contribution in [0.15, 0.2) is 43.0 Å². The third kappa shape index (κ3) is 5.05. The number of carbonyl (C=O) groups is 1. The number of anilines is 1. The highest BCUT2D eigenvalue weighted by molar-refractivity contribution is 5.81. The van der Waals surface area contributed by atoms with Crippen LogP contribution < -0.4 is 16.4 Å². The molecule has 2 aliphatic heterocycles. The molecule has 12 nitrogen and oxygen atoms in total. The quantitative estimate of drug-likeness (QED) is 0.401. The van der Waals surface area contributed by atoms with Gasteiger partial charge in [0.15, 0.2) is 23.5 Å². The summed E-state index contributed by atoms with van der Waals surface area (Å²) < 4.78 is 25.7. The Morgan fingerprint density at radius 3 is 2.77 bits per heavy atom. The van der Waals surface area contributed by atoms with Crippen LogP contribution in [0.5, 0.6) is 0 Å². The van der Waals surface area contributed by atoms with Crippen LogP contribution in [0.4, 0.5) is 10.6 Å². The SMILES string of the molecule is CC1(C)O[C@@H]2[C@H](O1)[C@@H](CNCCNC(=O)OCc1ccccc1)O[C@H]2n1cnc2c(N)ncnc21. The van der Waals surface area contributed by atoms with Crippen LogP contribution in [0.1, 0.15) is 25.6 Å². The number of hydrogen-bond donors (Lipinski definition) is 3. The highest BCUT2D eigenvalue weighted by Gasteiger charge is 2.55. The van der Waals surface area contributed by atoms with E-state index in [0.29, 0.717) is 36.6 Å². The van der Waals surface area contributed by atoms with Crippen molar-refractivity contribution in [3.8, 4) is 0 Å². The molecule has 3 aromatic rings. The molecule has 0 aliphatic carbocycles. The Hall–Kier alpha value is -3.32. The molecule has 4 N–H and O–H groups in total. The number of imidazole rings is 1. The Labute approximate surface area is 202 Å². The fourth-order valence-electron chi connectivity index (χ4n) is 4.38. The maximum atomic E-state index is 11.9. The predicted molar refractivity (Wildman–Crippen MR) is 125 cm³/mol. The molecule has 5 rings (SSSR count). The number of alkyl carbamates (subject to hydrolysis) is 1. The Morgan fingerprint density at radius 2 is 1.94 bits per heavy atom. The maximum Gasteiger partial charge on any atom is 0.407 e. The van der Waals surface area contributed by atoms with Gasteiger partial charge in [0.1, 0.15) is 36.8 Å². The number of hydrogen-bond acceptors (Lipinski definition) is 10. The van der Waals surface area contributed by atoms with Gasteiger partial charge in [-0.15, -0.1) is 0 Å². The van der Waals surface area contributed by atoms with E-state index < -0.39 is 18.1 Å². The monoisotopic (exact) mass is 483 g/mol. The summed E-state index contributed by atoms with van der Waals surface area (Å²) in [6.45, 7) is 5.43. The molecule has 0 saturated carbocycles. The van der Waals surface area contributed by atoms with Crippen molar-refractivity contribution in [2.75, 3.05) is 25.4 Å². The summed E-state index contributed by atoms with van der Waals surface area (Å²) in [4.78, 5) is 24.6. The van der Waals surface area contributed by atoms with Crippen LogP contribution in [0.25, 0.3) is 11.2 Å². The van der Waals surface area contributed by atoms with E-state index in [0.717, 1.165) is 5.56 Å². The zero-order valence-corrected chi connectivity index (χ0v) is 19.6. The van der Waals surface area contributed by atoms with Crippen LogP contribution >= 0.6 is 0 Å². The lowest BCUT2D eigenvalue weighted by molar-refractivity contribution is -0.195. The first-order valence-electron chi connectivity index (χ1n) is 11.5. The van der Waals surface area contributed by atoms with Gasteiger partial charge in [-0.05, 0) is 19.4 Å². The van der Waals surface area contributed by atoms with Crippen molar-refractivity contribution in [1.82, 2.24) is 30.2 Å². The molecule has 4 atom stereocenters. The largest absolute Gasteiger partial charge is 0.445 e. The van der Waals surface area contributed by atoms with Gasteiger partial charge in [-0.3, -0.25) is 4.57 Å². The second kappa shape index (κ2) is 9.74. The molecule has 2 saturated heterocycles. The van der Waals surface area contributed by atoms with Gasteiger partial charge in [0.25, 0.3) is 0 Å². The number of nitrogens with zero attached hydrogens (tertiary/aromatic N) is 4. The van der Waals surface area contributed by atoms with Crippen LogP contribution in [0.2, 0.25) is 0 Å².